The van der Waals surface area contributed by atoms with Crippen molar-refractivity contribution >= 4 is 29.4 Å². The highest BCUT2D eigenvalue weighted by Crippen LogP contribution is 2.12. The number of amides is 2. The highest BCUT2D eigenvalue weighted by molar-refractivity contribution is 6.30. The Hall–Kier alpha value is -2.93. The summed E-state index contributed by atoms with van der Waals surface area (Å²) in [6, 6.07) is 10.4. The van der Waals surface area contributed by atoms with E-state index in [0.717, 1.165) is 0 Å². The fourth-order valence-electron chi connectivity index (χ4n) is 2.09. The quantitative estimate of drug-likeness (QED) is 0.688. The number of nitrogens with zero attached hydrogens (tertiary/aromatic N) is 1. The molecule has 1 atom stereocenters. The third-order valence-electron chi connectivity index (χ3n) is 3.27. The number of rotatable bonds is 7. The molecule has 0 saturated carbocycles. The van der Waals surface area contributed by atoms with Crippen molar-refractivity contribution in [2.24, 2.45) is 0 Å². The van der Waals surface area contributed by atoms with Crippen LogP contribution in [0.2, 0.25) is 5.02 Å². The van der Waals surface area contributed by atoms with E-state index in [9.17, 15) is 19.5 Å². The fourth-order valence-corrected chi connectivity index (χ4v) is 2.31. The summed E-state index contributed by atoms with van der Waals surface area (Å²) < 4.78 is 0. The van der Waals surface area contributed by atoms with Gasteiger partial charge in [-0.1, -0.05) is 29.8 Å². The van der Waals surface area contributed by atoms with E-state index in [1.54, 1.807) is 36.4 Å². The van der Waals surface area contributed by atoms with Crippen molar-refractivity contribution in [2.45, 2.75) is 12.5 Å². The van der Waals surface area contributed by atoms with E-state index in [1.807, 2.05) is 0 Å². The Morgan fingerprint density at radius 1 is 1.16 bits per heavy atom. The Bertz CT molecular complexity index is 767. The lowest BCUT2D eigenvalue weighted by Gasteiger charge is -2.15. The van der Waals surface area contributed by atoms with Gasteiger partial charge in [0.15, 0.2) is 0 Å². The molecule has 1 aromatic heterocycles. The number of carbonyl (C=O) groups is 3. The van der Waals surface area contributed by atoms with Gasteiger partial charge < -0.3 is 15.7 Å². The number of aliphatic carboxylic acids is 1. The molecule has 1 aromatic carbocycles. The van der Waals surface area contributed by atoms with Crippen LogP contribution in [-0.2, 0) is 16.0 Å². The first-order chi connectivity index (χ1) is 12.0. The lowest BCUT2D eigenvalue weighted by atomic mass is 10.1. The molecule has 8 heteroatoms. The zero-order valence-corrected chi connectivity index (χ0v) is 13.9. The average molecular weight is 362 g/mol. The number of hydrogen-bond donors (Lipinski definition) is 3. The second-order valence-electron chi connectivity index (χ2n) is 5.19. The Morgan fingerprint density at radius 3 is 2.60 bits per heavy atom. The highest BCUT2D eigenvalue weighted by Gasteiger charge is 2.21. The predicted octanol–water partition coefficient (Wildman–Crippen LogP) is 1.28. The standard InChI is InChI=1S/C17H16ClN3O4/c18-12-5-3-4-11(8-12)9-14(17(24)25)21-15(22)10-20-16(23)13-6-1-2-7-19-13/h1-8,14H,9-10H2,(H,20,23)(H,21,22)(H,24,25)/t14-/m0/s1. The third kappa shape index (κ3) is 5.89. The van der Waals surface area contributed by atoms with Gasteiger partial charge in [0.25, 0.3) is 5.91 Å². The SMILES string of the molecule is O=C(CNC(=O)c1ccccn1)N[C@@H](Cc1cccc(Cl)c1)C(=O)O. The van der Waals surface area contributed by atoms with Gasteiger partial charge >= 0.3 is 5.97 Å². The van der Waals surface area contributed by atoms with Gasteiger partial charge in [0.05, 0.1) is 6.54 Å². The smallest absolute Gasteiger partial charge is 0.326 e. The Kier molecular flexibility index (Phi) is 6.47. The minimum Gasteiger partial charge on any atom is -0.480 e. The molecule has 25 heavy (non-hydrogen) atoms. The topological polar surface area (TPSA) is 108 Å². The minimum absolute atomic E-state index is 0.0792. The van der Waals surface area contributed by atoms with Crippen LogP contribution in [0.3, 0.4) is 0 Å². The lowest BCUT2D eigenvalue weighted by Crippen LogP contribution is -2.46. The van der Waals surface area contributed by atoms with Crippen LogP contribution in [0.15, 0.2) is 48.7 Å². The van der Waals surface area contributed by atoms with Crippen LogP contribution in [-0.4, -0.2) is 40.5 Å². The normalized spacial score (nSPS) is 11.4. The first kappa shape index (κ1) is 18.4. The molecule has 0 spiro atoms. The maximum absolute atomic E-state index is 11.9. The molecule has 0 saturated heterocycles. The Labute approximate surface area is 149 Å². The van der Waals surface area contributed by atoms with Crippen LogP contribution < -0.4 is 10.6 Å². The van der Waals surface area contributed by atoms with Gasteiger partial charge in [-0.3, -0.25) is 14.6 Å². The van der Waals surface area contributed by atoms with Crippen LogP contribution in [0.1, 0.15) is 16.1 Å². The molecule has 0 radical (unpaired) electrons. The van der Waals surface area contributed by atoms with E-state index in [2.05, 4.69) is 15.6 Å². The number of hydrogen-bond acceptors (Lipinski definition) is 4. The molecule has 0 aliphatic carbocycles. The number of halogens is 1. The number of carboxylic acid groups (broad SMARTS) is 1. The fraction of sp³-hybridized carbons (Fsp3) is 0.176. The van der Waals surface area contributed by atoms with Crippen molar-refractivity contribution in [2.75, 3.05) is 6.54 Å². The molecule has 2 amide bonds. The van der Waals surface area contributed by atoms with Gasteiger partial charge in [0, 0.05) is 17.6 Å². The molecule has 0 bridgehead atoms. The van der Waals surface area contributed by atoms with Crippen molar-refractivity contribution in [3.05, 3.63) is 64.9 Å². The summed E-state index contributed by atoms with van der Waals surface area (Å²) in [6.45, 7) is -0.352. The second-order valence-corrected chi connectivity index (χ2v) is 5.63. The summed E-state index contributed by atoms with van der Waals surface area (Å²) in [5.41, 5.74) is 0.849. The molecule has 3 N–H and O–H groups in total. The van der Waals surface area contributed by atoms with Crippen LogP contribution in [0.5, 0.6) is 0 Å². The second kappa shape index (κ2) is 8.79. The highest BCUT2D eigenvalue weighted by atomic mass is 35.5. The van der Waals surface area contributed by atoms with E-state index >= 15 is 0 Å². The van der Waals surface area contributed by atoms with Gasteiger partial charge in [-0.25, -0.2) is 4.79 Å². The van der Waals surface area contributed by atoms with Crippen molar-refractivity contribution in [3.63, 3.8) is 0 Å². The lowest BCUT2D eigenvalue weighted by molar-refractivity contribution is -0.141. The number of carboxylic acids is 1. The van der Waals surface area contributed by atoms with Gasteiger partial charge in [0.2, 0.25) is 5.91 Å². The summed E-state index contributed by atoms with van der Waals surface area (Å²) in [5, 5.41) is 14.5. The van der Waals surface area contributed by atoms with Crippen LogP contribution in [0.25, 0.3) is 0 Å². The molecule has 0 unspecified atom stereocenters. The zero-order chi connectivity index (χ0) is 18.2. The first-order valence-corrected chi connectivity index (χ1v) is 7.79. The summed E-state index contributed by atoms with van der Waals surface area (Å²) in [7, 11) is 0. The van der Waals surface area contributed by atoms with Crippen molar-refractivity contribution in [1.29, 1.82) is 0 Å². The van der Waals surface area contributed by atoms with E-state index in [-0.39, 0.29) is 18.7 Å². The molecule has 2 rings (SSSR count). The number of pyridine rings is 1. The monoisotopic (exact) mass is 361 g/mol. The van der Waals surface area contributed by atoms with Crippen LogP contribution in [0.4, 0.5) is 0 Å². The molecule has 0 fully saturated rings. The van der Waals surface area contributed by atoms with E-state index < -0.39 is 23.8 Å². The van der Waals surface area contributed by atoms with Crippen LogP contribution in [0, 0.1) is 0 Å². The third-order valence-corrected chi connectivity index (χ3v) is 3.50. The van der Waals surface area contributed by atoms with Gasteiger partial charge in [0.1, 0.15) is 11.7 Å². The number of carbonyl (C=O) groups excluding carboxylic acids is 2. The molecule has 130 valence electrons. The van der Waals surface area contributed by atoms with Gasteiger partial charge in [-0.05, 0) is 29.8 Å². The molecule has 0 aliphatic rings. The van der Waals surface area contributed by atoms with Crippen molar-refractivity contribution in [3.8, 4) is 0 Å². The summed E-state index contributed by atoms with van der Waals surface area (Å²) in [6.07, 6.45) is 1.54. The maximum Gasteiger partial charge on any atom is 0.326 e. The largest absolute Gasteiger partial charge is 0.480 e. The summed E-state index contributed by atoms with van der Waals surface area (Å²) >= 11 is 5.87. The molecule has 1 heterocycles. The molecule has 0 aliphatic heterocycles. The maximum atomic E-state index is 11.9. The van der Waals surface area contributed by atoms with E-state index in [4.69, 9.17) is 11.6 Å². The zero-order valence-electron chi connectivity index (χ0n) is 13.1. The van der Waals surface area contributed by atoms with E-state index in [0.29, 0.717) is 10.6 Å². The van der Waals surface area contributed by atoms with Crippen molar-refractivity contribution < 1.29 is 19.5 Å². The summed E-state index contributed by atoms with van der Waals surface area (Å²) in [4.78, 5) is 38.9. The summed E-state index contributed by atoms with van der Waals surface area (Å²) in [5.74, 6) is -2.31. The average Bonchev–Trinajstić information content (AvgIpc) is 2.60. The molecule has 7 nitrogen and oxygen atoms in total. The van der Waals surface area contributed by atoms with E-state index in [1.165, 1.54) is 12.3 Å². The van der Waals surface area contributed by atoms with Gasteiger partial charge in [-0.15, -0.1) is 0 Å². The number of benzene rings is 1. The number of nitrogens with one attached hydrogen (secondary N) is 2. The van der Waals surface area contributed by atoms with Gasteiger partial charge in [-0.2, -0.15) is 0 Å². The predicted molar refractivity (Wildman–Crippen MR) is 91.3 cm³/mol. The number of aromatic nitrogens is 1. The molecular formula is C17H16ClN3O4. The Morgan fingerprint density at radius 2 is 1.96 bits per heavy atom. The first-order valence-electron chi connectivity index (χ1n) is 7.41. The minimum atomic E-state index is -1.18. The molecule has 2 aromatic rings. The molecular weight excluding hydrogens is 346 g/mol. The Balaban J connectivity index is 1.89. The van der Waals surface area contributed by atoms with Crippen LogP contribution >= 0.6 is 11.6 Å². The van der Waals surface area contributed by atoms with Crippen molar-refractivity contribution in [1.82, 2.24) is 15.6 Å².